The monoisotopic (exact) mass is 381 g/mol. The number of aromatic amines is 1. The lowest BCUT2D eigenvalue weighted by Crippen LogP contribution is -2.42. The quantitative estimate of drug-likeness (QED) is 0.620. The fourth-order valence-electron chi connectivity index (χ4n) is 2.62. The molecule has 0 saturated heterocycles. The number of H-pyrrole nitrogens is 1. The van der Waals surface area contributed by atoms with E-state index in [1.807, 2.05) is 26.8 Å². The van der Waals surface area contributed by atoms with Crippen LogP contribution in [0.25, 0.3) is 21.8 Å². The first-order valence-electron chi connectivity index (χ1n) is 8.05. The Balaban J connectivity index is 1.90. The number of aliphatic hydroxyl groups is 1. The van der Waals surface area contributed by atoms with Gasteiger partial charge in [-0.3, -0.25) is 4.98 Å². The summed E-state index contributed by atoms with van der Waals surface area (Å²) in [6.07, 6.45) is 2.80. The Labute approximate surface area is 156 Å². The average molecular weight is 382 g/mol. The normalized spacial score (nSPS) is 13.5. The molecular formula is C18H21Cl2N3O2. The molecule has 3 N–H and O–H groups in total. The first kappa shape index (κ1) is 18.3. The highest BCUT2D eigenvalue weighted by Crippen LogP contribution is 2.41. The number of hydrogen-bond acceptors (Lipinski definition) is 4. The number of nitrogens with one attached hydrogen (secondary N) is 2. The Morgan fingerprint density at radius 1 is 1.36 bits per heavy atom. The Morgan fingerprint density at radius 3 is 2.84 bits per heavy atom. The van der Waals surface area contributed by atoms with Crippen LogP contribution in [0.15, 0.2) is 24.5 Å². The minimum absolute atomic E-state index is 0.0678. The van der Waals surface area contributed by atoms with E-state index < -0.39 is 6.10 Å². The van der Waals surface area contributed by atoms with Crippen molar-refractivity contribution in [2.45, 2.75) is 32.4 Å². The highest BCUT2D eigenvalue weighted by Gasteiger charge is 2.18. The number of β-amino-alcohol motifs (C(OH)–C–C–N with tert-alkyl or cyclic N) is 1. The van der Waals surface area contributed by atoms with Crippen molar-refractivity contribution in [3.8, 4) is 5.75 Å². The van der Waals surface area contributed by atoms with Crippen molar-refractivity contribution < 1.29 is 9.84 Å². The molecule has 25 heavy (non-hydrogen) atoms. The van der Waals surface area contributed by atoms with E-state index in [9.17, 15) is 5.11 Å². The molecule has 1 aromatic carbocycles. The van der Waals surface area contributed by atoms with Gasteiger partial charge in [-0.05, 0) is 26.8 Å². The van der Waals surface area contributed by atoms with Crippen molar-refractivity contribution >= 4 is 45.0 Å². The lowest BCUT2D eigenvalue weighted by molar-refractivity contribution is 0.101. The summed E-state index contributed by atoms with van der Waals surface area (Å²) in [6, 6.07) is 3.58. The van der Waals surface area contributed by atoms with Gasteiger partial charge in [-0.25, -0.2) is 0 Å². The molecular weight excluding hydrogens is 361 g/mol. The van der Waals surface area contributed by atoms with Gasteiger partial charge >= 0.3 is 0 Å². The number of rotatable bonds is 5. The fourth-order valence-corrected chi connectivity index (χ4v) is 3.01. The van der Waals surface area contributed by atoms with Gasteiger partial charge in [-0.1, -0.05) is 23.2 Å². The molecule has 3 aromatic rings. The predicted octanol–water partition coefficient (Wildman–Crippen LogP) is 4.15. The van der Waals surface area contributed by atoms with Gasteiger partial charge in [0.25, 0.3) is 0 Å². The maximum atomic E-state index is 10.2. The van der Waals surface area contributed by atoms with Crippen LogP contribution in [0.3, 0.4) is 0 Å². The predicted molar refractivity (Wildman–Crippen MR) is 103 cm³/mol. The minimum atomic E-state index is -0.643. The van der Waals surface area contributed by atoms with Crippen LogP contribution in [0.4, 0.5) is 0 Å². The van der Waals surface area contributed by atoms with Crippen molar-refractivity contribution in [3.63, 3.8) is 0 Å². The largest absolute Gasteiger partial charge is 0.490 e. The zero-order valence-electron chi connectivity index (χ0n) is 14.4. The number of aromatic nitrogens is 2. The third kappa shape index (κ3) is 4.01. The van der Waals surface area contributed by atoms with Crippen molar-refractivity contribution in [2.75, 3.05) is 13.2 Å². The lowest BCUT2D eigenvalue weighted by Gasteiger charge is -2.23. The standard InChI is InChI=1S/C18H21Cl2N3O2/c1-18(2,3)22-7-10(24)9-25-14-6-12(19)16(20)17-15(14)11-4-5-21-8-13(11)23-17/h4-6,8,10,22-24H,7,9H2,1-3H3. The molecule has 0 amide bonds. The van der Waals surface area contributed by atoms with Crippen LogP contribution in [-0.2, 0) is 0 Å². The zero-order chi connectivity index (χ0) is 18.2. The molecule has 134 valence electrons. The van der Waals surface area contributed by atoms with Crippen molar-refractivity contribution in [1.82, 2.24) is 15.3 Å². The van der Waals surface area contributed by atoms with Crippen LogP contribution < -0.4 is 10.1 Å². The first-order valence-corrected chi connectivity index (χ1v) is 8.81. The highest BCUT2D eigenvalue weighted by molar-refractivity contribution is 6.46. The zero-order valence-corrected chi connectivity index (χ0v) is 15.9. The van der Waals surface area contributed by atoms with Gasteiger partial charge < -0.3 is 20.1 Å². The van der Waals surface area contributed by atoms with Gasteiger partial charge in [0.15, 0.2) is 0 Å². The second kappa shape index (κ2) is 7.00. The minimum Gasteiger partial charge on any atom is -0.490 e. The molecule has 0 fully saturated rings. The number of fused-ring (bicyclic) bond motifs is 3. The summed E-state index contributed by atoms with van der Waals surface area (Å²) in [5.74, 6) is 0.580. The molecule has 3 rings (SSSR count). The third-order valence-electron chi connectivity index (χ3n) is 3.83. The van der Waals surface area contributed by atoms with Gasteiger partial charge in [0.05, 0.1) is 32.7 Å². The van der Waals surface area contributed by atoms with Gasteiger partial charge in [0.1, 0.15) is 18.5 Å². The van der Waals surface area contributed by atoms with E-state index >= 15 is 0 Å². The average Bonchev–Trinajstić information content (AvgIpc) is 2.94. The molecule has 5 nitrogen and oxygen atoms in total. The highest BCUT2D eigenvalue weighted by atomic mass is 35.5. The molecule has 0 bridgehead atoms. The Morgan fingerprint density at radius 2 is 2.12 bits per heavy atom. The Kier molecular flexibility index (Phi) is 5.11. The second-order valence-electron chi connectivity index (χ2n) is 7.06. The van der Waals surface area contributed by atoms with E-state index in [2.05, 4.69) is 15.3 Å². The van der Waals surface area contributed by atoms with Crippen LogP contribution >= 0.6 is 23.2 Å². The number of hydrogen-bond donors (Lipinski definition) is 3. The molecule has 0 saturated carbocycles. The summed E-state index contributed by atoms with van der Waals surface area (Å²) in [7, 11) is 0. The van der Waals surface area contributed by atoms with E-state index in [4.69, 9.17) is 27.9 Å². The molecule has 2 aromatic heterocycles. The third-order valence-corrected chi connectivity index (χ3v) is 4.62. The molecule has 0 aliphatic rings. The number of aliphatic hydroxyl groups excluding tert-OH is 1. The maximum absolute atomic E-state index is 10.2. The number of pyridine rings is 1. The van der Waals surface area contributed by atoms with Crippen LogP contribution in [0.2, 0.25) is 10.0 Å². The Bertz CT molecular complexity index is 903. The maximum Gasteiger partial charge on any atom is 0.131 e. The summed E-state index contributed by atoms with van der Waals surface area (Å²) in [5, 5.41) is 16.0. The number of ether oxygens (including phenoxy) is 1. The number of benzene rings is 1. The van der Waals surface area contributed by atoms with E-state index in [-0.39, 0.29) is 12.1 Å². The van der Waals surface area contributed by atoms with E-state index in [1.165, 1.54) is 0 Å². The van der Waals surface area contributed by atoms with Crippen LogP contribution in [0.5, 0.6) is 5.75 Å². The van der Waals surface area contributed by atoms with E-state index in [0.29, 0.717) is 27.9 Å². The summed E-state index contributed by atoms with van der Waals surface area (Å²) in [4.78, 5) is 7.34. The van der Waals surface area contributed by atoms with Crippen molar-refractivity contribution in [1.29, 1.82) is 0 Å². The van der Waals surface area contributed by atoms with Crippen molar-refractivity contribution in [2.24, 2.45) is 0 Å². The molecule has 0 spiro atoms. The van der Waals surface area contributed by atoms with E-state index in [0.717, 1.165) is 16.3 Å². The molecule has 0 aliphatic heterocycles. The first-order chi connectivity index (χ1) is 11.8. The summed E-state index contributed by atoms with van der Waals surface area (Å²) in [6.45, 7) is 6.72. The summed E-state index contributed by atoms with van der Waals surface area (Å²) in [5.41, 5.74) is 1.48. The topological polar surface area (TPSA) is 70.2 Å². The molecule has 1 unspecified atom stereocenters. The molecule has 2 heterocycles. The fraction of sp³-hybridized carbons (Fsp3) is 0.389. The van der Waals surface area contributed by atoms with E-state index in [1.54, 1.807) is 18.5 Å². The number of halogens is 2. The lowest BCUT2D eigenvalue weighted by atomic mass is 10.1. The molecule has 0 aliphatic carbocycles. The van der Waals surface area contributed by atoms with Crippen LogP contribution in [0, 0.1) is 0 Å². The number of nitrogens with zero attached hydrogens (tertiary/aromatic N) is 1. The molecule has 1 atom stereocenters. The summed E-state index contributed by atoms with van der Waals surface area (Å²) >= 11 is 12.6. The van der Waals surface area contributed by atoms with Crippen molar-refractivity contribution in [3.05, 3.63) is 34.6 Å². The van der Waals surface area contributed by atoms with Gasteiger partial charge in [0.2, 0.25) is 0 Å². The molecule has 0 radical (unpaired) electrons. The van der Waals surface area contributed by atoms with Gasteiger partial charge in [0, 0.05) is 29.7 Å². The molecule has 7 heteroatoms. The SMILES string of the molecule is CC(C)(C)NCC(O)COc1cc(Cl)c(Cl)c2[nH]c3cnccc3c12. The smallest absolute Gasteiger partial charge is 0.131 e. The van der Waals surface area contributed by atoms with Crippen LogP contribution in [-0.4, -0.2) is 39.9 Å². The van der Waals surface area contributed by atoms with Crippen LogP contribution in [0.1, 0.15) is 20.8 Å². The second-order valence-corrected chi connectivity index (χ2v) is 7.85. The Hall–Kier alpha value is -1.53. The van der Waals surface area contributed by atoms with Gasteiger partial charge in [-0.2, -0.15) is 0 Å². The summed E-state index contributed by atoms with van der Waals surface area (Å²) < 4.78 is 5.88. The van der Waals surface area contributed by atoms with Gasteiger partial charge in [-0.15, -0.1) is 0 Å².